The minimum Gasteiger partial charge on any atom is -0.505 e. The minimum atomic E-state index is -4.63. The molecule has 0 atom stereocenters. The van der Waals surface area contributed by atoms with Gasteiger partial charge in [-0.05, 0) is 24.3 Å². The van der Waals surface area contributed by atoms with Gasteiger partial charge in [0.15, 0.2) is 5.75 Å². The van der Waals surface area contributed by atoms with E-state index in [1.54, 1.807) is 0 Å². The number of benzene rings is 2. The first-order valence-electron chi connectivity index (χ1n) is 6.34. The van der Waals surface area contributed by atoms with Crippen LogP contribution in [0.1, 0.15) is 15.9 Å². The number of phenolic OH excluding ortho intramolecular Hbond substituents is 1. The predicted octanol–water partition coefficient (Wildman–Crippen LogP) is 3.23. The summed E-state index contributed by atoms with van der Waals surface area (Å²) < 4.78 is 38.7. The SMILES string of the molecule is O=CNc1cccc(C(=O)Nc2ccccc2C(F)(F)F)c1O. The van der Waals surface area contributed by atoms with E-state index in [0.29, 0.717) is 6.41 Å². The number of para-hydroxylation sites is 2. The van der Waals surface area contributed by atoms with E-state index in [4.69, 9.17) is 0 Å². The van der Waals surface area contributed by atoms with Crippen molar-refractivity contribution in [3.05, 3.63) is 53.6 Å². The minimum absolute atomic E-state index is 0.0308. The molecule has 2 aromatic carbocycles. The smallest absolute Gasteiger partial charge is 0.418 e. The van der Waals surface area contributed by atoms with Crippen LogP contribution in [0.5, 0.6) is 5.75 Å². The topological polar surface area (TPSA) is 78.4 Å². The molecule has 0 heterocycles. The Kier molecular flexibility index (Phi) is 4.54. The summed E-state index contributed by atoms with van der Waals surface area (Å²) in [5, 5.41) is 14.2. The number of halogens is 3. The zero-order chi connectivity index (χ0) is 17.0. The maximum absolute atomic E-state index is 12.9. The number of hydrogen-bond donors (Lipinski definition) is 3. The van der Waals surface area contributed by atoms with Crippen molar-refractivity contribution < 1.29 is 27.9 Å². The van der Waals surface area contributed by atoms with Crippen molar-refractivity contribution in [2.24, 2.45) is 0 Å². The maximum atomic E-state index is 12.9. The third-order valence-electron chi connectivity index (χ3n) is 2.98. The molecular formula is C15H11F3N2O3. The molecular weight excluding hydrogens is 313 g/mol. The third kappa shape index (κ3) is 3.60. The quantitative estimate of drug-likeness (QED) is 0.597. The van der Waals surface area contributed by atoms with E-state index in [0.717, 1.165) is 12.1 Å². The average molecular weight is 324 g/mol. The van der Waals surface area contributed by atoms with Gasteiger partial charge in [-0.25, -0.2) is 0 Å². The van der Waals surface area contributed by atoms with Gasteiger partial charge in [0.05, 0.1) is 22.5 Å². The number of carbonyl (C=O) groups is 2. The zero-order valence-electron chi connectivity index (χ0n) is 11.5. The molecule has 2 aromatic rings. The molecule has 5 nitrogen and oxygen atoms in total. The molecule has 0 aliphatic heterocycles. The molecule has 0 aliphatic rings. The summed E-state index contributed by atoms with van der Waals surface area (Å²) in [7, 11) is 0. The van der Waals surface area contributed by atoms with Gasteiger partial charge in [-0.15, -0.1) is 0 Å². The largest absolute Gasteiger partial charge is 0.505 e. The molecule has 0 spiro atoms. The maximum Gasteiger partial charge on any atom is 0.418 e. The second-order valence-electron chi connectivity index (χ2n) is 4.46. The van der Waals surface area contributed by atoms with E-state index < -0.39 is 29.1 Å². The molecule has 0 unspecified atom stereocenters. The first-order valence-corrected chi connectivity index (χ1v) is 6.34. The molecule has 3 N–H and O–H groups in total. The van der Waals surface area contributed by atoms with Crippen molar-refractivity contribution in [3.8, 4) is 5.75 Å². The monoisotopic (exact) mass is 324 g/mol. The highest BCUT2D eigenvalue weighted by Gasteiger charge is 2.33. The van der Waals surface area contributed by atoms with Crippen molar-refractivity contribution in [1.82, 2.24) is 0 Å². The first kappa shape index (κ1) is 16.3. The van der Waals surface area contributed by atoms with Crippen molar-refractivity contribution in [3.63, 3.8) is 0 Å². The number of nitrogens with one attached hydrogen (secondary N) is 2. The van der Waals surface area contributed by atoms with Gasteiger partial charge in [0, 0.05) is 0 Å². The highest BCUT2D eigenvalue weighted by atomic mass is 19.4. The Morgan fingerprint density at radius 2 is 1.70 bits per heavy atom. The Hall–Kier alpha value is -3.03. The summed E-state index contributed by atoms with van der Waals surface area (Å²) in [6.45, 7) is 0. The lowest BCUT2D eigenvalue weighted by molar-refractivity contribution is -0.136. The summed E-state index contributed by atoms with van der Waals surface area (Å²) >= 11 is 0. The van der Waals surface area contributed by atoms with Crippen LogP contribution in [0.2, 0.25) is 0 Å². The Morgan fingerprint density at radius 1 is 1.04 bits per heavy atom. The summed E-state index contributed by atoms with van der Waals surface area (Å²) in [5.74, 6) is -1.48. The number of hydrogen-bond acceptors (Lipinski definition) is 3. The fraction of sp³-hybridized carbons (Fsp3) is 0.0667. The van der Waals surface area contributed by atoms with E-state index >= 15 is 0 Å². The number of rotatable bonds is 4. The molecule has 0 fully saturated rings. The van der Waals surface area contributed by atoms with Gasteiger partial charge in [-0.3, -0.25) is 9.59 Å². The van der Waals surface area contributed by atoms with Crippen LogP contribution in [0.25, 0.3) is 0 Å². The number of aromatic hydroxyl groups is 1. The third-order valence-corrected chi connectivity index (χ3v) is 2.98. The van der Waals surface area contributed by atoms with E-state index in [2.05, 4.69) is 10.6 Å². The second kappa shape index (κ2) is 6.39. The average Bonchev–Trinajstić information content (AvgIpc) is 2.49. The fourth-order valence-electron chi connectivity index (χ4n) is 1.94. The fourth-order valence-corrected chi connectivity index (χ4v) is 1.94. The van der Waals surface area contributed by atoms with Crippen molar-refractivity contribution in [2.45, 2.75) is 6.18 Å². The number of amides is 2. The van der Waals surface area contributed by atoms with E-state index in [1.165, 1.54) is 30.3 Å². The molecule has 2 amide bonds. The summed E-state index contributed by atoms with van der Waals surface area (Å²) in [4.78, 5) is 22.5. The Balaban J connectivity index is 2.34. The van der Waals surface area contributed by atoms with Crippen LogP contribution in [-0.2, 0) is 11.0 Å². The van der Waals surface area contributed by atoms with Gasteiger partial charge in [-0.1, -0.05) is 18.2 Å². The Morgan fingerprint density at radius 3 is 2.35 bits per heavy atom. The lowest BCUT2D eigenvalue weighted by atomic mass is 10.1. The summed E-state index contributed by atoms with van der Waals surface area (Å²) in [6, 6.07) is 8.40. The number of anilines is 2. The van der Waals surface area contributed by atoms with Gasteiger partial charge in [0.2, 0.25) is 6.41 Å². The van der Waals surface area contributed by atoms with Crippen LogP contribution in [0.15, 0.2) is 42.5 Å². The molecule has 0 bridgehead atoms. The molecule has 120 valence electrons. The number of carbonyl (C=O) groups excluding carboxylic acids is 2. The Labute approximate surface area is 128 Å². The van der Waals surface area contributed by atoms with Crippen molar-refractivity contribution in [1.29, 1.82) is 0 Å². The van der Waals surface area contributed by atoms with Gasteiger partial charge < -0.3 is 15.7 Å². The lowest BCUT2D eigenvalue weighted by Crippen LogP contribution is -2.17. The van der Waals surface area contributed by atoms with Gasteiger partial charge >= 0.3 is 6.18 Å². The van der Waals surface area contributed by atoms with E-state index in [-0.39, 0.29) is 11.3 Å². The van der Waals surface area contributed by atoms with Crippen LogP contribution < -0.4 is 10.6 Å². The van der Waals surface area contributed by atoms with E-state index in [1.807, 2.05) is 0 Å². The van der Waals surface area contributed by atoms with Crippen LogP contribution >= 0.6 is 0 Å². The van der Waals surface area contributed by atoms with Gasteiger partial charge in [0.1, 0.15) is 0 Å². The van der Waals surface area contributed by atoms with Crippen LogP contribution in [-0.4, -0.2) is 17.4 Å². The van der Waals surface area contributed by atoms with E-state index in [9.17, 15) is 27.9 Å². The van der Waals surface area contributed by atoms with Crippen molar-refractivity contribution >= 4 is 23.7 Å². The molecule has 8 heteroatoms. The van der Waals surface area contributed by atoms with Gasteiger partial charge in [-0.2, -0.15) is 13.2 Å². The lowest BCUT2D eigenvalue weighted by Gasteiger charge is -2.14. The molecule has 0 aliphatic carbocycles. The summed E-state index contributed by atoms with van der Waals surface area (Å²) in [6.07, 6.45) is -4.33. The molecule has 2 rings (SSSR count). The van der Waals surface area contributed by atoms with Crippen LogP contribution in [0.3, 0.4) is 0 Å². The summed E-state index contributed by atoms with van der Waals surface area (Å²) in [5.41, 5.74) is -1.74. The molecule has 0 radical (unpaired) electrons. The molecule has 0 aromatic heterocycles. The Bertz CT molecular complexity index is 745. The van der Waals surface area contributed by atoms with Crippen molar-refractivity contribution in [2.75, 3.05) is 10.6 Å². The molecule has 23 heavy (non-hydrogen) atoms. The molecule has 0 saturated heterocycles. The molecule has 0 saturated carbocycles. The highest BCUT2D eigenvalue weighted by molar-refractivity contribution is 6.07. The number of alkyl halides is 3. The highest BCUT2D eigenvalue weighted by Crippen LogP contribution is 2.35. The van der Waals surface area contributed by atoms with Crippen LogP contribution in [0, 0.1) is 0 Å². The van der Waals surface area contributed by atoms with Gasteiger partial charge in [0.25, 0.3) is 5.91 Å². The standard InChI is InChI=1S/C15H11F3N2O3/c16-15(17,18)10-5-1-2-6-11(10)20-14(23)9-4-3-7-12(13(9)22)19-8-21/h1-8,22H,(H,19,21)(H,20,23). The normalized spacial score (nSPS) is 10.9. The zero-order valence-corrected chi connectivity index (χ0v) is 11.5. The van der Waals surface area contributed by atoms with Crippen LogP contribution in [0.4, 0.5) is 24.5 Å². The predicted molar refractivity (Wildman–Crippen MR) is 77.2 cm³/mol. The second-order valence-corrected chi connectivity index (χ2v) is 4.46. The first-order chi connectivity index (χ1) is 10.8. The number of phenols is 1.